The third kappa shape index (κ3) is 3.86. The van der Waals surface area contributed by atoms with E-state index in [1.807, 2.05) is 0 Å². The van der Waals surface area contributed by atoms with Gasteiger partial charge in [-0.1, -0.05) is 6.07 Å². The smallest absolute Gasteiger partial charge is 0.404 e. The van der Waals surface area contributed by atoms with Crippen molar-refractivity contribution in [3.8, 4) is 10.4 Å². The van der Waals surface area contributed by atoms with E-state index in [1.54, 1.807) is 24.4 Å². The number of carbonyl (C=O) groups excluding carboxylic acids is 1. The van der Waals surface area contributed by atoms with Crippen molar-refractivity contribution in [2.24, 2.45) is 5.73 Å². The summed E-state index contributed by atoms with van der Waals surface area (Å²) in [6.07, 6.45) is 5.55. The van der Waals surface area contributed by atoms with Gasteiger partial charge in [-0.2, -0.15) is 0 Å². The number of nitrogens with zero attached hydrogens (tertiary/aromatic N) is 1. The zero-order valence-electron chi connectivity index (χ0n) is 15.3. The minimum atomic E-state index is -3.36. The second-order valence-corrected chi connectivity index (χ2v) is 10.7. The molecule has 1 heterocycles. The number of ether oxygens (including phenoxy) is 1. The average Bonchev–Trinajstić information content (AvgIpc) is 3.41. The van der Waals surface area contributed by atoms with E-state index in [0.29, 0.717) is 29.0 Å². The van der Waals surface area contributed by atoms with Gasteiger partial charge in [-0.05, 0) is 50.7 Å². The van der Waals surface area contributed by atoms with E-state index < -0.39 is 15.9 Å². The van der Waals surface area contributed by atoms with Gasteiger partial charge in [-0.3, -0.25) is 0 Å². The lowest BCUT2D eigenvalue weighted by Crippen LogP contribution is -2.26. The van der Waals surface area contributed by atoms with Crippen molar-refractivity contribution in [3.63, 3.8) is 0 Å². The maximum atomic E-state index is 12.9. The van der Waals surface area contributed by atoms with Crippen LogP contribution in [-0.4, -0.2) is 30.8 Å². The van der Waals surface area contributed by atoms with E-state index in [1.165, 1.54) is 11.3 Å². The number of hydrogen-bond acceptors (Lipinski definition) is 7. The van der Waals surface area contributed by atoms with Crippen LogP contribution in [0.4, 0.5) is 10.5 Å². The van der Waals surface area contributed by atoms with E-state index >= 15 is 0 Å². The molecule has 1 amide bonds. The number of sulfone groups is 1. The summed E-state index contributed by atoms with van der Waals surface area (Å²) in [5, 5.41) is 0.695. The van der Waals surface area contributed by atoms with Gasteiger partial charge in [0.25, 0.3) is 0 Å². The fourth-order valence-electron chi connectivity index (χ4n) is 3.73. The summed E-state index contributed by atoms with van der Waals surface area (Å²) in [6.45, 7) is 0. The summed E-state index contributed by atoms with van der Waals surface area (Å²) in [7, 11) is -3.36. The standard InChI is InChI=1S/C19H23N3O4S2/c20-12-3-8-15(17(9-12)28(24,25)14-6-7-14)16-10-22-18(27-16)11-1-4-13(5-2-11)26-19(21)23/h3,8-11,13-14H,1-2,4-7,20H2,(H2,21,23). The number of nitrogen functional groups attached to an aromatic ring is 1. The van der Waals surface area contributed by atoms with E-state index in [4.69, 9.17) is 16.2 Å². The quantitative estimate of drug-likeness (QED) is 0.712. The van der Waals surface area contributed by atoms with Gasteiger partial charge in [0, 0.05) is 23.4 Å². The largest absolute Gasteiger partial charge is 0.446 e. The first-order valence-electron chi connectivity index (χ1n) is 9.40. The Kier molecular flexibility index (Phi) is 5.05. The Morgan fingerprint density at radius 1 is 1.14 bits per heavy atom. The molecule has 0 aliphatic heterocycles. The van der Waals surface area contributed by atoms with E-state index in [2.05, 4.69) is 4.98 Å². The highest BCUT2D eigenvalue weighted by Crippen LogP contribution is 2.42. The van der Waals surface area contributed by atoms with Crippen molar-refractivity contribution in [1.29, 1.82) is 0 Å². The zero-order valence-corrected chi connectivity index (χ0v) is 17.0. The molecule has 2 aromatic rings. The van der Waals surface area contributed by atoms with Crippen LogP contribution >= 0.6 is 11.3 Å². The molecular weight excluding hydrogens is 398 g/mol. The van der Waals surface area contributed by atoms with Gasteiger partial charge in [-0.15, -0.1) is 11.3 Å². The second kappa shape index (κ2) is 7.36. The number of rotatable bonds is 5. The second-order valence-electron chi connectivity index (χ2n) is 7.47. The van der Waals surface area contributed by atoms with Gasteiger partial charge in [0.2, 0.25) is 0 Å². The van der Waals surface area contributed by atoms with Crippen LogP contribution in [0.3, 0.4) is 0 Å². The lowest BCUT2D eigenvalue weighted by atomic mass is 9.88. The van der Waals surface area contributed by atoms with Crippen molar-refractivity contribution in [1.82, 2.24) is 4.98 Å². The van der Waals surface area contributed by atoms with Crippen LogP contribution in [-0.2, 0) is 14.6 Å². The van der Waals surface area contributed by atoms with Crippen molar-refractivity contribution >= 4 is 33.0 Å². The number of thiazole rings is 1. The summed E-state index contributed by atoms with van der Waals surface area (Å²) in [6, 6.07) is 5.07. The monoisotopic (exact) mass is 421 g/mol. The third-order valence-electron chi connectivity index (χ3n) is 5.37. The SMILES string of the molecule is NC(=O)OC1CCC(c2ncc(-c3ccc(N)cc3S(=O)(=O)C3CC3)s2)CC1. The molecule has 2 aliphatic rings. The minimum absolute atomic E-state index is 0.124. The molecule has 1 aromatic carbocycles. The molecule has 0 saturated heterocycles. The molecule has 9 heteroatoms. The number of nitrogens with two attached hydrogens (primary N) is 2. The first kappa shape index (κ1) is 19.2. The maximum absolute atomic E-state index is 12.9. The Hall–Kier alpha value is -2.13. The third-order valence-corrected chi connectivity index (χ3v) is 8.86. The van der Waals surface area contributed by atoms with Crippen LogP contribution in [0.25, 0.3) is 10.4 Å². The predicted octanol–water partition coefficient (Wildman–Crippen LogP) is 3.45. The maximum Gasteiger partial charge on any atom is 0.404 e. The number of amides is 1. The van der Waals surface area contributed by atoms with Crippen LogP contribution < -0.4 is 11.5 Å². The molecule has 4 N–H and O–H groups in total. The summed E-state index contributed by atoms with van der Waals surface area (Å²) in [5.74, 6) is 0.281. The summed E-state index contributed by atoms with van der Waals surface area (Å²) >= 11 is 1.53. The molecule has 0 radical (unpaired) electrons. The van der Waals surface area contributed by atoms with Gasteiger partial charge in [0.1, 0.15) is 6.10 Å². The average molecular weight is 422 g/mol. The van der Waals surface area contributed by atoms with Crippen LogP contribution in [0.5, 0.6) is 0 Å². The molecule has 4 rings (SSSR count). The molecule has 0 bridgehead atoms. The molecule has 0 spiro atoms. The number of benzene rings is 1. The van der Waals surface area contributed by atoms with Crippen LogP contribution in [0.1, 0.15) is 49.5 Å². The highest BCUT2D eigenvalue weighted by Gasteiger charge is 2.38. The lowest BCUT2D eigenvalue weighted by Gasteiger charge is -2.26. The molecule has 2 aliphatic carbocycles. The highest BCUT2D eigenvalue weighted by atomic mass is 32.2. The molecule has 28 heavy (non-hydrogen) atoms. The normalized spacial score (nSPS) is 22.7. The number of anilines is 1. The van der Waals surface area contributed by atoms with Crippen LogP contribution in [0.15, 0.2) is 29.3 Å². The van der Waals surface area contributed by atoms with Gasteiger partial charge in [-0.25, -0.2) is 18.2 Å². The Balaban J connectivity index is 1.56. The van der Waals surface area contributed by atoms with E-state index in [-0.39, 0.29) is 17.3 Å². The van der Waals surface area contributed by atoms with E-state index in [0.717, 1.165) is 35.6 Å². The molecule has 2 saturated carbocycles. The molecule has 0 atom stereocenters. The molecular formula is C19H23N3O4S2. The molecule has 0 unspecified atom stereocenters. The molecule has 7 nitrogen and oxygen atoms in total. The van der Waals surface area contributed by atoms with Crippen LogP contribution in [0, 0.1) is 0 Å². The van der Waals surface area contributed by atoms with Crippen molar-refractivity contribution in [2.75, 3.05) is 5.73 Å². The summed E-state index contributed by atoms with van der Waals surface area (Å²) in [4.78, 5) is 16.6. The predicted molar refractivity (Wildman–Crippen MR) is 108 cm³/mol. The zero-order chi connectivity index (χ0) is 19.9. The fourth-order valence-corrected chi connectivity index (χ4v) is 6.82. The highest BCUT2D eigenvalue weighted by molar-refractivity contribution is 7.92. The molecule has 150 valence electrons. The van der Waals surface area contributed by atoms with Crippen molar-refractivity contribution in [2.45, 2.75) is 60.7 Å². The Labute approximate surface area is 168 Å². The number of carbonyl (C=O) groups is 1. The van der Waals surface area contributed by atoms with Crippen molar-refractivity contribution < 1.29 is 17.9 Å². The Morgan fingerprint density at radius 2 is 1.86 bits per heavy atom. The van der Waals surface area contributed by atoms with Crippen LogP contribution in [0.2, 0.25) is 0 Å². The molecule has 1 aromatic heterocycles. The summed E-state index contributed by atoms with van der Waals surface area (Å²) in [5.41, 5.74) is 12.1. The topological polar surface area (TPSA) is 125 Å². The Bertz CT molecular complexity index is 990. The first-order valence-corrected chi connectivity index (χ1v) is 11.8. The minimum Gasteiger partial charge on any atom is -0.446 e. The first-order chi connectivity index (χ1) is 13.3. The summed E-state index contributed by atoms with van der Waals surface area (Å²) < 4.78 is 30.8. The molecule has 2 fully saturated rings. The Morgan fingerprint density at radius 3 is 2.50 bits per heavy atom. The number of hydrogen-bond donors (Lipinski definition) is 2. The fraction of sp³-hybridized carbons (Fsp3) is 0.474. The van der Waals surface area contributed by atoms with Gasteiger partial charge >= 0.3 is 6.09 Å². The van der Waals surface area contributed by atoms with E-state index in [9.17, 15) is 13.2 Å². The van der Waals surface area contributed by atoms with Crippen molar-refractivity contribution in [3.05, 3.63) is 29.4 Å². The number of aromatic nitrogens is 1. The van der Waals surface area contributed by atoms with Gasteiger partial charge in [0.05, 0.1) is 20.0 Å². The number of primary amides is 1. The lowest BCUT2D eigenvalue weighted by molar-refractivity contribution is 0.0787. The van der Waals surface area contributed by atoms with Gasteiger partial charge in [0.15, 0.2) is 9.84 Å². The van der Waals surface area contributed by atoms with Gasteiger partial charge < -0.3 is 16.2 Å².